The number of aliphatic hydroxyl groups is 1. The van der Waals surface area contributed by atoms with E-state index in [1.807, 2.05) is 0 Å². The highest BCUT2D eigenvalue weighted by molar-refractivity contribution is 7.90. The van der Waals surface area contributed by atoms with Gasteiger partial charge in [0, 0.05) is 29.2 Å². The summed E-state index contributed by atoms with van der Waals surface area (Å²) in [6.45, 7) is 3.74. The third kappa shape index (κ3) is 6.30. The predicted octanol–water partition coefficient (Wildman–Crippen LogP) is 5.19. The van der Waals surface area contributed by atoms with Gasteiger partial charge in [0.15, 0.2) is 5.82 Å². The minimum absolute atomic E-state index is 0.178. The van der Waals surface area contributed by atoms with Gasteiger partial charge in [-0.25, -0.2) is 22.4 Å². The van der Waals surface area contributed by atoms with Crippen molar-refractivity contribution < 1.29 is 32.0 Å². The van der Waals surface area contributed by atoms with Crippen molar-refractivity contribution in [3.05, 3.63) is 76.2 Å². The van der Waals surface area contributed by atoms with E-state index in [-0.39, 0.29) is 29.2 Å². The molecule has 0 bridgehead atoms. The zero-order chi connectivity index (χ0) is 25.5. The number of aromatic nitrogens is 2. The van der Waals surface area contributed by atoms with Crippen LogP contribution in [0.5, 0.6) is 5.75 Å². The standard InChI is InChI=1S/C24H26F3N3O4S/c1-4-15(25)6-5-14(2)35(32)30-20-8-7-19(26)21(22(20)27)23(31)18-13-29-24-17(18)11-16(12-28-24)34-10-9-33-3/h5-8,11-13,23,30-31H,4,9-10H2,1-3H3,(H,28,29)/b14-5+,15-6+. The number of rotatable bonds is 11. The Morgan fingerprint density at radius 3 is 2.80 bits per heavy atom. The van der Waals surface area contributed by atoms with E-state index in [2.05, 4.69) is 14.7 Å². The topological polar surface area (TPSA) is 96.5 Å². The van der Waals surface area contributed by atoms with E-state index in [9.17, 15) is 18.1 Å². The van der Waals surface area contributed by atoms with Gasteiger partial charge in [-0.15, -0.1) is 0 Å². The van der Waals surface area contributed by atoms with Crippen LogP contribution in [-0.2, 0) is 15.7 Å². The van der Waals surface area contributed by atoms with E-state index in [1.54, 1.807) is 13.0 Å². The fourth-order valence-corrected chi connectivity index (χ4v) is 3.88. The fourth-order valence-electron chi connectivity index (χ4n) is 3.17. The van der Waals surface area contributed by atoms with Crippen LogP contribution >= 0.6 is 0 Å². The van der Waals surface area contributed by atoms with Gasteiger partial charge in [-0.1, -0.05) is 6.92 Å². The number of anilines is 1. The van der Waals surface area contributed by atoms with Crippen LogP contribution in [-0.4, -0.2) is 39.6 Å². The maximum atomic E-state index is 15.3. The highest BCUT2D eigenvalue weighted by Crippen LogP contribution is 2.35. The number of nitrogens with zero attached hydrogens (tertiary/aromatic N) is 1. The Morgan fingerprint density at radius 1 is 1.31 bits per heavy atom. The molecule has 188 valence electrons. The Hall–Kier alpha value is -3.15. The minimum atomic E-state index is -1.93. The zero-order valence-corrected chi connectivity index (χ0v) is 20.2. The quantitative estimate of drug-likeness (QED) is 0.244. The number of fused-ring (bicyclic) bond motifs is 1. The number of H-pyrrole nitrogens is 1. The van der Waals surface area contributed by atoms with Gasteiger partial charge in [-0.05, 0) is 43.7 Å². The Balaban J connectivity index is 1.91. The molecule has 3 N–H and O–H groups in total. The molecule has 0 saturated carbocycles. The average molecular weight is 510 g/mol. The summed E-state index contributed by atoms with van der Waals surface area (Å²) >= 11 is 0. The SMILES string of the molecule is CC/C(F)=C\C=C(/C)S(=O)Nc1ccc(F)c(C(O)c2c[nH]c3ncc(OCCOC)cc23)c1F. The molecule has 2 heterocycles. The normalized spacial score (nSPS) is 14.3. The second-order valence-corrected chi connectivity index (χ2v) is 8.88. The highest BCUT2D eigenvalue weighted by atomic mass is 32.2. The molecule has 35 heavy (non-hydrogen) atoms. The van der Waals surface area contributed by atoms with Crippen LogP contribution in [0, 0.1) is 11.6 Å². The number of aromatic amines is 1. The second-order valence-electron chi connectivity index (χ2n) is 7.49. The Morgan fingerprint density at radius 2 is 2.09 bits per heavy atom. The summed E-state index contributed by atoms with van der Waals surface area (Å²) in [6, 6.07) is 3.63. The number of halogens is 3. The Bertz CT molecular complexity index is 1280. The molecule has 0 aliphatic rings. The predicted molar refractivity (Wildman–Crippen MR) is 129 cm³/mol. The molecule has 0 aliphatic heterocycles. The molecule has 3 rings (SSSR count). The first-order valence-corrected chi connectivity index (χ1v) is 11.9. The number of ether oxygens (including phenoxy) is 2. The van der Waals surface area contributed by atoms with E-state index >= 15 is 4.39 Å². The van der Waals surface area contributed by atoms with Gasteiger partial charge in [0.05, 0.1) is 29.9 Å². The molecule has 0 amide bonds. The molecule has 11 heteroatoms. The van der Waals surface area contributed by atoms with Crippen molar-refractivity contribution in [3.63, 3.8) is 0 Å². The molecular weight excluding hydrogens is 483 g/mol. The van der Waals surface area contributed by atoms with E-state index in [1.165, 1.54) is 38.6 Å². The summed E-state index contributed by atoms with van der Waals surface area (Å²) < 4.78 is 68.7. The van der Waals surface area contributed by atoms with E-state index in [0.717, 1.165) is 12.1 Å². The van der Waals surface area contributed by atoms with Gasteiger partial charge in [0.1, 0.15) is 40.9 Å². The van der Waals surface area contributed by atoms with Crippen LogP contribution in [0.15, 0.2) is 53.5 Å². The van der Waals surface area contributed by atoms with Gasteiger partial charge in [0.25, 0.3) is 0 Å². The third-order valence-electron chi connectivity index (χ3n) is 5.12. The van der Waals surface area contributed by atoms with Crippen LogP contribution in [0.4, 0.5) is 18.9 Å². The Kier molecular flexibility index (Phi) is 9.07. The van der Waals surface area contributed by atoms with Crippen molar-refractivity contribution in [2.24, 2.45) is 0 Å². The van der Waals surface area contributed by atoms with Crippen LogP contribution in [0.3, 0.4) is 0 Å². The lowest BCUT2D eigenvalue weighted by molar-refractivity contribution is 0.146. The number of methoxy groups -OCH3 is 1. The van der Waals surface area contributed by atoms with Crippen molar-refractivity contribution in [2.75, 3.05) is 25.0 Å². The maximum Gasteiger partial charge on any atom is 0.156 e. The summed E-state index contributed by atoms with van der Waals surface area (Å²) in [5.41, 5.74) is -0.343. The summed E-state index contributed by atoms with van der Waals surface area (Å²) in [4.78, 5) is 7.29. The summed E-state index contributed by atoms with van der Waals surface area (Å²) in [6.07, 6.45) is 3.84. The number of aliphatic hydroxyl groups excluding tert-OH is 1. The van der Waals surface area contributed by atoms with Crippen LogP contribution in [0.25, 0.3) is 11.0 Å². The molecule has 7 nitrogen and oxygen atoms in total. The molecule has 2 aromatic heterocycles. The largest absolute Gasteiger partial charge is 0.490 e. The summed E-state index contributed by atoms with van der Waals surface area (Å²) in [5, 5.41) is 11.3. The smallest absolute Gasteiger partial charge is 0.156 e. The van der Waals surface area contributed by atoms with Crippen molar-refractivity contribution in [3.8, 4) is 5.75 Å². The first-order valence-electron chi connectivity index (χ1n) is 10.7. The first kappa shape index (κ1) is 26.5. The van der Waals surface area contributed by atoms with Crippen LogP contribution in [0.2, 0.25) is 0 Å². The Labute approximate surface area is 203 Å². The molecular formula is C24H26F3N3O4S. The summed E-state index contributed by atoms with van der Waals surface area (Å²) in [5.74, 6) is -2.10. The van der Waals surface area contributed by atoms with Gasteiger partial charge < -0.3 is 19.6 Å². The van der Waals surface area contributed by atoms with Crippen molar-refractivity contribution in [2.45, 2.75) is 26.4 Å². The average Bonchev–Trinajstić information content (AvgIpc) is 3.27. The van der Waals surface area contributed by atoms with Gasteiger partial charge in [-0.3, -0.25) is 4.72 Å². The zero-order valence-electron chi connectivity index (χ0n) is 19.4. The van der Waals surface area contributed by atoms with E-state index < -0.39 is 40.1 Å². The van der Waals surface area contributed by atoms with Gasteiger partial charge in [0.2, 0.25) is 0 Å². The number of hydrogen-bond acceptors (Lipinski definition) is 5. The van der Waals surface area contributed by atoms with Crippen LogP contribution < -0.4 is 9.46 Å². The van der Waals surface area contributed by atoms with E-state index in [4.69, 9.17) is 9.47 Å². The molecule has 3 aromatic rings. The third-order valence-corrected chi connectivity index (χ3v) is 6.25. The van der Waals surface area contributed by atoms with Crippen molar-refractivity contribution in [1.29, 1.82) is 0 Å². The molecule has 0 saturated heterocycles. The molecule has 2 unspecified atom stereocenters. The van der Waals surface area contributed by atoms with Gasteiger partial charge >= 0.3 is 0 Å². The monoisotopic (exact) mass is 509 g/mol. The number of hydrogen-bond donors (Lipinski definition) is 3. The molecule has 0 aliphatic carbocycles. The number of allylic oxidation sites excluding steroid dienone is 4. The number of benzene rings is 1. The number of pyridine rings is 1. The lowest BCUT2D eigenvalue weighted by atomic mass is 10.00. The summed E-state index contributed by atoms with van der Waals surface area (Å²) in [7, 11) is -0.390. The molecule has 0 radical (unpaired) electrons. The lowest BCUT2D eigenvalue weighted by Gasteiger charge is -2.16. The maximum absolute atomic E-state index is 15.3. The lowest BCUT2D eigenvalue weighted by Crippen LogP contribution is -2.11. The molecule has 0 spiro atoms. The fraction of sp³-hybridized carbons (Fsp3) is 0.292. The molecule has 0 fully saturated rings. The molecule has 2 atom stereocenters. The minimum Gasteiger partial charge on any atom is -0.490 e. The van der Waals surface area contributed by atoms with Crippen molar-refractivity contribution in [1.82, 2.24) is 9.97 Å². The first-order chi connectivity index (χ1) is 16.8. The number of nitrogens with one attached hydrogen (secondary N) is 2. The second kappa shape index (κ2) is 12.0. The van der Waals surface area contributed by atoms with Crippen molar-refractivity contribution >= 4 is 27.7 Å². The highest BCUT2D eigenvalue weighted by Gasteiger charge is 2.25. The molecule has 1 aromatic carbocycles. The van der Waals surface area contributed by atoms with Crippen LogP contribution in [0.1, 0.15) is 37.5 Å². The van der Waals surface area contributed by atoms with Gasteiger partial charge in [-0.2, -0.15) is 0 Å². The van der Waals surface area contributed by atoms with E-state index in [0.29, 0.717) is 23.4 Å².